The van der Waals surface area contributed by atoms with Crippen LogP contribution in [0.15, 0.2) is 54.3 Å². The van der Waals surface area contributed by atoms with E-state index < -0.39 is 0 Å². The molecule has 0 N–H and O–H groups in total. The van der Waals surface area contributed by atoms with Gasteiger partial charge in [-0.15, -0.1) is 0 Å². The van der Waals surface area contributed by atoms with Gasteiger partial charge in [0.25, 0.3) is 0 Å². The Morgan fingerprint density at radius 3 is 1.33 bits per heavy atom. The SMILES string of the molecule is Brc1ccc(Br)c2nc3c(cc12)[C@H]1[C@H](c2cc4c(Br)ccc(Br)c4nc2[C@@H]1Br)[C@H]3Br. The number of aromatic nitrogens is 2. The number of nitrogens with zero attached hydrogens (tertiary/aromatic N) is 2. The highest BCUT2D eigenvalue weighted by Gasteiger charge is 2.51. The molecule has 0 bridgehead atoms. The zero-order valence-corrected chi connectivity index (χ0v) is 24.5. The molecule has 8 heteroatoms. The van der Waals surface area contributed by atoms with Crippen LogP contribution in [-0.4, -0.2) is 9.97 Å². The average molecular weight is 782 g/mol. The van der Waals surface area contributed by atoms with Crippen molar-refractivity contribution in [3.63, 3.8) is 0 Å². The van der Waals surface area contributed by atoms with Crippen molar-refractivity contribution in [2.24, 2.45) is 0 Å². The lowest BCUT2D eigenvalue weighted by Crippen LogP contribution is -2.01. The molecule has 0 amide bonds. The predicted molar refractivity (Wildman–Crippen MR) is 143 cm³/mol. The topological polar surface area (TPSA) is 25.8 Å². The standard InChI is InChI=1S/C22H10Br6N2/c23-11-1-3-13(25)19-7(11)5-9-15-16(18(28)21(9)29-19)10-6-8-12(24)2-4-14(26)20(8)30-22(10)17(15)27/h1-6,15-18H/t15-,16-,17+,18+/m0/s1. The fourth-order valence-electron chi connectivity index (χ4n) is 4.83. The number of hydrogen-bond acceptors (Lipinski definition) is 2. The van der Waals surface area contributed by atoms with E-state index in [4.69, 9.17) is 9.97 Å². The van der Waals surface area contributed by atoms with Crippen LogP contribution >= 0.6 is 95.6 Å². The van der Waals surface area contributed by atoms with Crippen LogP contribution in [0.1, 0.15) is 44.0 Å². The van der Waals surface area contributed by atoms with Gasteiger partial charge < -0.3 is 0 Å². The second kappa shape index (κ2) is 7.32. The third kappa shape index (κ3) is 2.79. The van der Waals surface area contributed by atoms with Gasteiger partial charge in [-0.25, -0.2) is 0 Å². The molecule has 2 aliphatic rings. The highest BCUT2D eigenvalue weighted by Crippen LogP contribution is 2.66. The Morgan fingerprint density at radius 2 is 0.933 bits per heavy atom. The normalized spacial score (nSPS) is 24.3. The Kier molecular flexibility index (Phi) is 5.06. The number of fused-ring (bicyclic) bond motifs is 7. The second-order valence-corrected chi connectivity index (χ2v) is 13.0. The summed E-state index contributed by atoms with van der Waals surface area (Å²) in [7, 11) is 0. The van der Waals surface area contributed by atoms with Crippen molar-refractivity contribution in [1.82, 2.24) is 9.97 Å². The van der Waals surface area contributed by atoms with Gasteiger partial charge in [0.2, 0.25) is 0 Å². The number of hydrogen-bond donors (Lipinski definition) is 0. The Bertz CT molecular complexity index is 1300. The molecule has 2 aliphatic carbocycles. The van der Waals surface area contributed by atoms with Gasteiger partial charge in [-0.2, -0.15) is 0 Å². The van der Waals surface area contributed by atoms with E-state index in [0.29, 0.717) is 0 Å². The molecule has 0 aliphatic heterocycles. The minimum atomic E-state index is 0.138. The first kappa shape index (κ1) is 20.7. The molecule has 6 rings (SSSR count). The van der Waals surface area contributed by atoms with Crippen LogP contribution in [0.4, 0.5) is 0 Å². The van der Waals surface area contributed by atoms with Crippen molar-refractivity contribution in [1.29, 1.82) is 0 Å². The lowest BCUT2D eigenvalue weighted by molar-refractivity contribution is 0.625. The molecule has 0 fully saturated rings. The van der Waals surface area contributed by atoms with Gasteiger partial charge in [-0.1, -0.05) is 63.7 Å². The highest BCUT2D eigenvalue weighted by molar-refractivity contribution is 9.11. The lowest BCUT2D eigenvalue weighted by Gasteiger charge is -2.15. The van der Waals surface area contributed by atoms with Gasteiger partial charge in [0.1, 0.15) is 0 Å². The molecule has 2 aromatic carbocycles. The number of alkyl halides is 2. The molecule has 0 spiro atoms. The third-order valence-corrected chi connectivity index (χ3v) is 10.8. The zero-order valence-electron chi connectivity index (χ0n) is 14.9. The summed E-state index contributed by atoms with van der Waals surface area (Å²) in [6.07, 6.45) is 0. The first-order chi connectivity index (χ1) is 14.4. The fraction of sp³-hybridized carbons (Fsp3) is 0.182. The fourth-order valence-corrected chi connectivity index (χ4v) is 8.52. The van der Waals surface area contributed by atoms with Gasteiger partial charge >= 0.3 is 0 Å². The summed E-state index contributed by atoms with van der Waals surface area (Å²) in [5.74, 6) is 0.563. The van der Waals surface area contributed by atoms with Gasteiger partial charge in [-0.05, 0) is 79.4 Å². The number of rotatable bonds is 0. The van der Waals surface area contributed by atoms with Crippen molar-refractivity contribution in [3.05, 3.63) is 76.8 Å². The largest absolute Gasteiger partial charge is 0.250 e. The minimum absolute atomic E-state index is 0.138. The first-order valence-corrected chi connectivity index (χ1v) is 14.2. The number of pyridine rings is 2. The van der Waals surface area contributed by atoms with Gasteiger partial charge in [-0.3, -0.25) is 9.97 Å². The minimum Gasteiger partial charge on any atom is -0.250 e. The Hall–Kier alpha value is 0.140. The molecule has 0 saturated heterocycles. The predicted octanol–water partition coefficient (Wildman–Crippen LogP) is 9.60. The summed E-state index contributed by atoms with van der Waals surface area (Å²) in [6, 6.07) is 12.8. The van der Waals surface area contributed by atoms with Gasteiger partial charge in [0.15, 0.2) is 0 Å². The number of benzene rings is 2. The Morgan fingerprint density at radius 1 is 0.567 bits per heavy atom. The zero-order chi connectivity index (χ0) is 20.9. The van der Waals surface area contributed by atoms with Crippen LogP contribution in [0.5, 0.6) is 0 Å². The van der Waals surface area contributed by atoms with E-state index in [1.165, 1.54) is 11.1 Å². The van der Waals surface area contributed by atoms with E-state index in [1.54, 1.807) is 0 Å². The van der Waals surface area contributed by atoms with Crippen LogP contribution in [0.25, 0.3) is 21.8 Å². The van der Waals surface area contributed by atoms with Crippen molar-refractivity contribution >= 4 is 117 Å². The summed E-state index contributed by atoms with van der Waals surface area (Å²) in [5, 5.41) is 2.26. The number of halogens is 6. The molecule has 0 radical (unpaired) electrons. The van der Waals surface area contributed by atoms with Gasteiger partial charge in [0, 0.05) is 40.5 Å². The van der Waals surface area contributed by atoms with Crippen LogP contribution in [-0.2, 0) is 0 Å². The molecule has 30 heavy (non-hydrogen) atoms. The van der Waals surface area contributed by atoms with Crippen molar-refractivity contribution in [2.45, 2.75) is 21.5 Å². The highest BCUT2D eigenvalue weighted by atomic mass is 79.9. The second-order valence-electron chi connectivity index (χ2n) is 7.63. The molecular weight excluding hydrogens is 772 g/mol. The molecule has 2 heterocycles. The molecule has 4 atom stereocenters. The first-order valence-electron chi connectivity index (χ1n) is 9.22. The van der Waals surface area contributed by atoms with E-state index in [-0.39, 0.29) is 21.5 Å². The van der Waals surface area contributed by atoms with E-state index in [9.17, 15) is 0 Å². The van der Waals surface area contributed by atoms with Crippen LogP contribution < -0.4 is 0 Å². The summed E-state index contributed by atoms with van der Waals surface area (Å²) >= 11 is 22.8. The van der Waals surface area contributed by atoms with Crippen LogP contribution in [0.2, 0.25) is 0 Å². The summed E-state index contributed by atoms with van der Waals surface area (Å²) in [5.41, 5.74) is 6.80. The molecule has 2 aromatic heterocycles. The van der Waals surface area contributed by atoms with E-state index in [2.05, 4.69) is 120 Å². The maximum Gasteiger partial charge on any atom is 0.0859 e. The third-order valence-electron chi connectivity index (χ3n) is 6.14. The summed E-state index contributed by atoms with van der Waals surface area (Å²) in [4.78, 5) is 10.5. The maximum atomic E-state index is 5.10. The smallest absolute Gasteiger partial charge is 0.0859 e. The van der Waals surface area contributed by atoms with E-state index >= 15 is 0 Å². The Labute approximate surface area is 223 Å². The van der Waals surface area contributed by atoms with E-state index in [1.807, 2.05) is 12.1 Å². The average Bonchev–Trinajstić information content (AvgIpc) is 3.19. The van der Waals surface area contributed by atoms with Crippen molar-refractivity contribution < 1.29 is 0 Å². The molecular formula is C22H10Br6N2. The summed E-state index contributed by atoms with van der Waals surface area (Å²) in [6.45, 7) is 0. The van der Waals surface area contributed by atoms with E-state index in [0.717, 1.165) is 51.1 Å². The van der Waals surface area contributed by atoms with Crippen molar-refractivity contribution in [3.8, 4) is 0 Å². The molecule has 150 valence electrons. The van der Waals surface area contributed by atoms with Crippen LogP contribution in [0.3, 0.4) is 0 Å². The molecule has 4 aromatic rings. The quantitative estimate of drug-likeness (QED) is 0.166. The van der Waals surface area contributed by atoms with Gasteiger partial charge in [0.05, 0.1) is 32.1 Å². The van der Waals surface area contributed by atoms with Crippen LogP contribution in [0, 0.1) is 0 Å². The van der Waals surface area contributed by atoms with Crippen molar-refractivity contribution in [2.75, 3.05) is 0 Å². The maximum absolute atomic E-state index is 5.10. The molecule has 2 nitrogen and oxygen atoms in total. The molecule has 0 saturated carbocycles. The summed E-state index contributed by atoms with van der Waals surface area (Å²) < 4.78 is 4.14. The Balaban J connectivity index is 1.62. The molecule has 0 unspecified atom stereocenters. The lowest BCUT2D eigenvalue weighted by atomic mass is 9.92. The monoisotopic (exact) mass is 776 g/mol.